The summed E-state index contributed by atoms with van der Waals surface area (Å²) in [6.45, 7) is 0.542. The van der Waals surface area contributed by atoms with Gasteiger partial charge in [-0.3, -0.25) is 4.98 Å². The van der Waals surface area contributed by atoms with E-state index < -0.39 is 11.6 Å². The lowest BCUT2D eigenvalue weighted by Gasteiger charge is -2.15. The molecule has 1 aromatic carbocycles. The van der Waals surface area contributed by atoms with E-state index in [1.54, 1.807) is 12.3 Å². The Kier molecular flexibility index (Phi) is 6.74. The second kappa shape index (κ2) is 7.90. The number of pyridine rings is 1. The van der Waals surface area contributed by atoms with Crippen LogP contribution in [0.25, 0.3) is 11.1 Å². The quantitative estimate of drug-likeness (QED) is 0.872. The molecule has 1 heterocycles. The van der Waals surface area contributed by atoms with Crippen LogP contribution in [0.15, 0.2) is 36.7 Å². The number of likely N-dealkylation sites (N-methyl/N-ethyl adjacent to an activating group) is 1. The molecule has 1 N–H and O–H groups in total. The van der Waals surface area contributed by atoms with Crippen LogP contribution in [0.3, 0.4) is 0 Å². The molecule has 1 aromatic heterocycles. The molecule has 1 aliphatic carbocycles. The SMILES string of the molecule is CNC1(COc2cncc(-c3cc(F)ccc3F)c2)CC1.Cl.Cl. The number of hydrogen-bond acceptors (Lipinski definition) is 3. The van der Waals surface area contributed by atoms with Gasteiger partial charge >= 0.3 is 0 Å². The Labute approximate surface area is 146 Å². The second-order valence-corrected chi connectivity index (χ2v) is 5.35. The number of aromatic nitrogens is 1. The van der Waals surface area contributed by atoms with Crippen molar-refractivity contribution in [3.05, 3.63) is 48.3 Å². The summed E-state index contributed by atoms with van der Waals surface area (Å²) in [7, 11) is 1.91. The van der Waals surface area contributed by atoms with Crippen molar-refractivity contribution >= 4 is 24.8 Å². The van der Waals surface area contributed by atoms with Gasteiger partial charge in [0.1, 0.15) is 24.0 Å². The number of hydrogen-bond donors (Lipinski definition) is 1. The summed E-state index contributed by atoms with van der Waals surface area (Å²) >= 11 is 0. The van der Waals surface area contributed by atoms with Crippen LogP contribution in [0.4, 0.5) is 8.78 Å². The first kappa shape index (κ1) is 19.6. The highest BCUT2D eigenvalue weighted by Crippen LogP contribution is 2.35. The third kappa shape index (κ3) is 4.53. The first-order valence-electron chi connectivity index (χ1n) is 6.84. The Morgan fingerprint density at radius 2 is 1.91 bits per heavy atom. The van der Waals surface area contributed by atoms with Crippen LogP contribution in [-0.4, -0.2) is 24.2 Å². The lowest BCUT2D eigenvalue weighted by molar-refractivity contribution is 0.259. The van der Waals surface area contributed by atoms with E-state index in [0.717, 1.165) is 31.0 Å². The molecular weight excluding hydrogens is 345 g/mol. The van der Waals surface area contributed by atoms with Gasteiger partial charge in [-0.1, -0.05) is 0 Å². The maximum atomic E-state index is 13.8. The first-order chi connectivity index (χ1) is 10.1. The number of nitrogens with one attached hydrogen (secondary N) is 1. The topological polar surface area (TPSA) is 34.1 Å². The fourth-order valence-corrected chi connectivity index (χ4v) is 2.20. The molecule has 0 unspecified atom stereocenters. The van der Waals surface area contributed by atoms with Crippen molar-refractivity contribution in [2.75, 3.05) is 13.7 Å². The Balaban J connectivity index is 0.00000132. The molecule has 23 heavy (non-hydrogen) atoms. The summed E-state index contributed by atoms with van der Waals surface area (Å²) in [6, 6.07) is 5.04. The molecule has 2 aromatic rings. The minimum atomic E-state index is -0.482. The molecule has 1 aliphatic rings. The maximum absolute atomic E-state index is 13.8. The van der Waals surface area contributed by atoms with Crippen molar-refractivity contribution in [1.82, 2.24) is 10.3 Å². The zero-order chi connectivity index (χ0) is 14.9. The van der Waals surface area contributed by atoms with Crippen LogP contribution in [-0.2, 0) is 0 Å². The van der Waals surface area contributed by atoms with Crippen LogP contribution in [0.2, 0.25) is 0 Å². The summed E-state index contributed by atoms with van der Waals surface area (Å²) in [5.74, 6) is -0.410. The highest BCUT2D eigenvalue weighted by Gasteiger charge is 2.41. The Hall–Kier alpha value is -1.43. The van der Waals surface area contributed by atoms with Crippen LogP contribution in [0, 0.1) is 11.6 Å². The van der Waals surface area contributed by atoms with Gasteiger partial charge < -0.3 is 10.1 Å². The van der Waals surface area contributed by atoms with E-state index >= 15 is 0 Å². The third-order valence-corrected chi connectivity index (χ3v) is 3.85. The van der Waals surface area contributed by atoms with Gasteiger partial charge in [-0.15, -0.1) is 24.8 Å². The monoisotopic (exact) mass is 362 g/mol. The van der Waals surface area contributed by atoms with Gasteiger partial charge in [-0.2, -0.15) is 0 Å². The molecule has 0 atom stereocenters. The molecule has 7 heteroatoms. The van der Waals surface area contributed by atoms with E-state index in [2.05, 4.69) is 10.3 Å². The van der Waals surface area contributed by atoms with Gasteiger partial charge in [-0.05, 0) is 44.2 Å². The van der Waals surface area contributed by atoms with Crippen molar-refractivity contribution in [1.29, 1.82) is 0 Å². The zero-order valence-corrected chi connectivity index (χ0v) is 14.1. The lowest BCUT2D eigenvalue weighted by atomic mass is 10.1. The summed E-state index contributed by atoms with van der Waals surface area (Å²) in [6.07, 6.45) is 5.23. The number of halogens is 4. The van der Waals surface area contributed by atoms with Gasteiger partial charge in [0.25, 0.3) is 0 Å². The van der Waals surface area contributed by atoms with E-state index in [-0.39, 0.29) is 35.9 Å². The van der Waals surface area contributed by atoms with E-state index in [0.29, 0.717) is 17.9 Å². The number of rotatable bonds is 5. The van der Waals surface area contributed by atoms with Crippen LogP contribution >= 0.6 is 24.8 Å². The summed E-state index contributed by atoms with van der Waals surface area (Å²) in [5.41, 5.74) is 0.738. The molecule has 1 saturated carbocycles. The summed E-state index contributed by atoms with van der Waals surface area (Å²) in [4.78, 5) is 4.04. The average molecular weight is 363 g/mol. The van der Waals surface area contributed by atoms with Crippen molar-refractivity contribution < 1.29 is 13.5 Å². The van der Waals surface area contributed by atoms with Crippen LogP contribution in [0.1, 0.15) is 12.8 Å². The minimum Gasteiger partial charge on any atom is -0.490 e. The fourth-order valence-electron chi connectivity index (χ4n) is 2.20. The van der Waals surface area contributed by atoms with E-state index in [9.17, 15) is 8.78 Å². The Morgan fingerprint density at radius 1 is 1.17 bits per heavy atom. The van der Waals surface area contributed by atoms with Gasteiger partial charge in [-0.25, -0.2) is 8.78 Å². The van der Waals surface area contributed by atoms with Crippen LogP contribution < -0.4 is 10.1 Å². The first-order valence-corrected chi connectivity index (χ1v) is 6.84. The highest BCUT2D eigenvalue weighted by molar-refractivity contribution is 5.85. The second-order valence-electron chi connectivity index (χ2n) is 5.35. The minimum absolute atomic E-state index is 0. The van der Waals surface area contributed by atoms with E-state index in [1.165, 1.54) is 6.20 Å². The van der Waals surface area contributed by atoms with Gasteiger partial charge in [0.15, 0.2) is 0 Å². The predicted octanol–water partition coefficient (Wildman–Crippen LogP) is 4.00. The normalized spacial score (nSPS) is 14.4. The summed E-state index contributed by atoms with van der Waals surface area (Å²) < 4.78 is 32.8. The highest BCUT2D eigenvalue weighted by atomic mass is 35.5. The van der Waals surface area contributed by atoms with Gasteiger partial charge in [0, 0.05) is 17.3 Å². The molecule has 0 radical (unpaired) electrons. The van der Waals surface area contributed by atoms with Gasteiger partial charge in [0.05, 0.1) is 11.7 Å². The smallest absolute Gasteiger partial charge is 0.138 e. The molecule has 3 nitrogen and oxygen atoms in total. The number of benzene rings is 1. The van der Waals surface area contributed by atoms with Crippen molar-refractivity contribution in [2.45, 2.75) is 18.4 Å². The molecule has 126 valence electrons. The van der Waals surface area contributed by atoms with Crippen molar-refractivity contribution in [3.8, 4) is 16.9 Å². The zero-order valence-electron chi connectivity index (χ0n) is 12.5. The molecule has 3 rings (SSSR count). The summed E-state index contributed by atoms with van der Waals surface area (Å²) in [5, 5.41) is 3.23. The van der Waals surface area contributed by atoms with E-state index in [4.69, 9.17) is 4.74 Å². The average Bonchev–Trinajstić information content (AvgIpc) is 3.29. The Bertz CT molecular complexity index is 666. The molecule has 1 fully saturated rings. The maximum Gasteiger partial charge on any atom is 0.138 e. The van der Waals surface area contributed by atoms with Gasteiger partial charge in [0.2, 0.25) is 0 Å². The molecular formula is C16H18Cl2F2N2O. The van der Waals surface area contributed by atoms with Crippen LogP contribution in [0.5, 0.6) is 5.75 Å². The van der Waals surface area contributed by atoms with Crippen molar-refractivity contribution in [2.24, 2.45) is 0 Å². The fraction of sp³-hybridized carbons (Fsp3) is 0.312. The molecule has 0 saturated heterocycles. The Morgan fingerprint density at radius 3 is 2.57 bits per heavy atom. The molecule has 0 spiro atoms. The van der Waals surface area contributed by atoms with Crippen molar-refractivity contribution in [3.63, 3.8) is 0 Å². The molecule has 0 bridgehead atoms. The lowest BCUT2D eigenvalue weighted by Crippen LogP contribution is -2.33. The molecule has 0 amide bonds. The standard InChI is InChI=1S/C16H16F2N2O.2ClH/c1-19-16(4-5-16)10-21-13-6-11(8-20-9-13)14-7-12(17)2-3-15(14)18;;/h2-3,6-9,19H,4-5,10H2,1H3;2*1H. The van der Waals surface area contributed by atoms with E-state index in [1.807, 2.05) is 7.05 Å². The number of ether oxygens (including phenoxy) is 1. The number of nitrogens with zero attached hydrogens (tertiary/aromatic N) is 1. The molecule has 0 aliphatic heterocycles. The largest absolute Gasteiger partial charge is 0.490 e. The third-order valence-electron chi connectivity index (χ3n) is 3.85. The predicted molar refractivity (Wildman–Crippen MR) is 90.6 cm³/mol.